The van der Waals surface area contributed by atoms with Crippen LogP contribution in [-0.4, -0.2) is 13.0 Å². The van der Waals surface area contributed by atoms with Gasteiger partial charge in [-0.1, -0.05) is 36.0 Å². The van der Waals surface area contributed by atoms with Crippen molar-refractivity contribution >= 4 is 5.91 Å². The first kappa shape index (κ1) is 13.5. The Morgan fingerprint density at radius 1 is 1.35 bits per heavy atom. The Morgan fingerprint density at radius 2 is 2.00 bits per heavy atom. The number of carbonyl (C=O) groups excluding carboxylic acids is 1. The topological polar surface area (TPSA) is 29.1 Å². The second-order valence-corrected chi connectivity index (χ2v) is 4.24. The molecular weight excluding hydrogens is 210 g/mol. The molecule has 0 spiro atoms. The van der Waals surface area contributed by atoms with E-state index in [0.717, 1.165) is 18.4 Å². The van der Waals surface area contributed by atoms with Gasteiger partial charge in [-0.3, -0.25) is 4.79 Å². The molecule has 0 aromatic carbocycles. The predicted octanol–water partition coefficient (Wildman–Crippen LogP) is 3.29. The number of hydrogen-bond acceptors (Lipinski definition) is 1. The zero-order valence-corrected chi connectivity index (χ0v) is 10.9. The minimum absolute atomic E-state index is 0.0618. The second-order valence-electron chi connectivity index (χ2n) is 4.24. The van der Waals surface area contributed by atoms with Crippen LogP contribution in [0.1, 0.15) is 33.1 Å². The van der Waals surface area contributed by atoms with Crippen LogP contribution in [0, 0.1) is 0 Å². The first-order chi connectivity index (χ1) is 8.17. The van der Waals surface area contributed by atoms with Gasteiger partial charge in [0, 0.05) is 13.5 Å². The zero-order valence-electron chi connectivity index (χ0n) is 10.9. The highest BCUT2D eigenvalue weighted by atomic mass is 16.1. The lowest BCUT2D eigenvalue weighted by Crippen LogP contribution is -2.17. The summed E-state index contributed by atoms with van der Waals surface area (Å²) in [5.74, 6) is 0.0618. The first-order valence-corrected chi connectivity index (χ1v) is 6.08. The summed E-state index contributed by atoms with van der Waals surface area (Å²) in [5.41, 5.74) is 3.58. The van der Waals surface area contributed by atoms with E-state index >= 15 is 0 Å². The molecule has 0 fully saturated rings. The van der Waals surface area contributed by atoms with Gasteiger partial charge in [0.2, 0.25) is 5.91 Å². The van der Waals surface area contributed by atoms with Gasteiger partial charge in [0.15, 0.2) is 0 Å². The molecule has 0 heterocycles. The number of rotatable bonds is 4. The lowest BCUT2D eigenvalue weighted by Gasteiger charge is -2.11. The largest absolute Gasteiger partial charge is 0.359 e. The Morgan fingerprint density at radius 3 is 2.59 bits per heavy atom. The van der Waals surface area contributed by atoms with Crippen LogP contribution in [0.25, 0.3) is 0 Å². The molecule has 1 rings (SSSR count). The van der Waals surface area contributed by atoms with Gasteiger partial charge in [-0.25, -0.2) is 0 Å². The molecule has 2 heteroatoms. The summed E-state index contributed by atoms with van der Waals surface area (Å²) in [6, 6.07) is 0. The van der Waals surface area contributed by atoms with Gasteiger partial charge >= 0.3 is 0 Å². The first-order valence-electron chi connectivity index (χ1n) is 6.08. The van der Waals surface area contributed by atoms with Gasteiger partial charge in [0.25, 0.3) is 0 Å². The zero-order chi connectivity index (χ0) is 12.7. The maximum atomic E-state index is 11.3. The molecule has 92 valence electrons. The van der Waals surface area contributed by atoms with Crippen LogP contribution in [0.4, 0.5) is 0 Å². The summed E-state index contributed by atoms with van der Waals surface area (Å²) in [7, 11) is 1.67. The predicted molar refractivity (Wildman–Crippen MR) is 72.7 cm³/mol. The van der Waals surface area contributed by atoms with Crippen molar-refractivity contribution in [3.63, 3.8) is 0 Å². The normalized spacial score (nSPS) is 16.8. The van der Waals surface area contributed by atoms with E-state index in [0.29, 0.717) is 6.42 Å². The van der Waals surface area contributed by atoms with Gasteiger partial charge in [-0.15, -0.1) is 0 Å². The van der Waals surface area contributed by atoms with Crippen LogP contribution in [0.15, 0.2) is 47.1 Å². The number of nitrogens with one attached hydrogen (secondary N) is 1. The summed E-state index contributed by atoms with van der Waals surface area (Å²) in [6.45, 7) is 4.02. The van der Waals surface area contributed by atoms with E-state index in [1.54, 1.807) is 7.05 Å². The maximum Gasteiger partial charge on any atom is 0.223 e. The van der Waals surface area contributed by atoms with Crippen molar-refractivity contribution in [1.29, 1.82) is 0 Å². The van der Waals surface area contributed by atoms with Crippen molar-refractivity contribution < 1.29 is 4.79 Å². The van der Waals surface area contributed by atoms with Crippen LogP contribution in [0.2, 0.25) is 0 Å². The molecule has 0 aromatic heterocycles. The standard InChI is InChI=1S/C15H21NO/c1-4-7-13-8-5-6-9-14(13)10-12(2)11-15(17)16-3/h4,7-10H,5-6,11H2,1-3H3,(H,16,17)/b7-4-,12-10+. The minimum Gasteiger partial charge on any atom is -0.359 e. The second kappa shape index (κ2) is 6.89. The molecule has 0 unspecified atom stereocenters. The van der Waals surface area contributed by atoms with Crippen LogP contribution in [0.3, 0.4) is 0 Å². The third-order valence-electron chi connectivity index (χ3n) is 2.69. The van der Waals surface area contributed by atoms with E-state index < -0.39 is 0 Å². The molecule has 2 nitrogen and oxygen atoms in total. The van der Waals surface area contributed by atoms with E-state index in [1.165, 1.54) is 11.1 Å². The SMILES string of the molecule is C/C=C\C1=CCCC=C1/C=C(\C)CC(=O)NC. The number of amides is 1. The fraction of sp³-hybridized carbons (Fsp3) is 0.400. The summed E-state index contributed by atoms with van der Waals surface area (Å²) in [6.07, 6.45) is 13.4. The fourth-order valence-electron chi connectivity index (χ4n) is 1.86. The molecular formula is C15H21NO. The molecule has 1 N–H and O–H groups in total. The van der Waals surface area contributed by atoms with E-state index in [4.69, 9.17) is 0 Å². The Kier molecular flexibility index (Phi) is 5.47. The Bertz CT molecular complexity index is 397. The van der Waals surface area contributed by atoms with Crippen LogP contribution in [-0.2, 0) is 4.79 Å². The van der Waals surface area contributed by atoms with Gasteiger partial charge < -0.3 is 5.32 Å². The van der Waals surface area contributed by atoms with E-state index in [2.05, 4.69) is 29.6 Å². The van der Waals surface area contributed by atoms with Crippen molar-refractivity contribution in [3.05, 3.63) is 47.1 Å². The molecule has 0 bridgehead atoms. The molecule has 1 amide bonds. The number of hydrogen-bond donors (Lipinski definition) is 1. The monoisotopic (exact) mass is 231 g/mol. The Labute approximate surface area is 104 Å². The van der Waals surface area contributed by atoms with Crippen LogP contribution >= 0.6 is 0 Å². The van der Waals surface area contributed by atoms with E-state index in [9.17, 15) is 4.79 Å². The third kappa shape index (κ3) is 4.43. The Hall–Kier alpha value is -1.57. The van der Waals surface area contributed by atoms with E-state index in [1.807, 2.05) is 19.9 Å². The highest BCUT2D eigenvalue weighted by molar-refractivity contribution is 5.78. The molecule has 0 aromatic rings. The average Bonchev–Trinajstić information content (AvgIpc) is 2.31. The highest BCUT2D eigenvalue weighted by Crippen LogP contribution is 2.22. The summed E-state index contributed by atoms with van der Waals surface area (Å²) in [4.78, 5) is 11.3. The van der Waals surface area contributed by atoms with E-state index in [-0.39, 0.29) is 5.91 Å². The summed E-state index contributed by atoms with van der Waals surface area (Å²) in [5, 5.41) is 2.64. The molecule has 0 saturated carbocycles. The average molecular weight is 231 g/mol. The smallest absolute Gasteiger partial charge is 0.223 e. The van der Waals surface area contributed by atoms with Crippen LogP contribution < -0.4 is 5.32 Å². The molecule has 0 radical (unpaired) electrons. The van der Waals surface area contributed by atoms with Crippen molar-refractivity contribution in [1.82, 2.24) is 5.32 Å². The van der Waals surface area contributed by atoms with Gasteiger partial charge in [-0.05, 0) is 37.8 Å². The highest BCUT2D eigenvalue weighted by Gasteiger charge is 2.05. The van der Waals surface area contributed by atoms with Gasteiger partial charge in [0.05, 0.1) is 0 Å². The summed E-state index contributed by atoms with van der Waals surface area (Å²) < 4.78 is 0. The molecule has 0 saturated heterocycles. The molecule has 1 aliphatic rings. The van der Waals surface area contributed by atoms with Crippen LogP contribution in [0.5, 0.6) is 0 Å². The quantitative estimate of drug-likeness (QED) is 0.790. The lowest BCUT2D eigenvalue weighted by molar-refractivity contribution is -0.119. The molecule has 0 atom stereocenters. The Balaban J connectivity index is 2.78. The molecule has 0 aliphatic heterocycles. The molecule has 17 heavy (non-hydrogen) atoms. The van der Waals surface area contributed by atoms with Crippen molar-refractivity contribution in [2.75, 3.05) is 7.05 Å². The number of carbonyl (C=O) groups is 1. The molecule has 1 aliphatic carbocycles. The van der Waals surface area contributed by atoms with Crippen molar-refractivity contribution in [2.45, 2.75) is 33.1 Å². The fourth-order valence-corrected chi connectivity index (χ4v) is 1.86. The van der Waals surface area contributed by atoms with Crippen molar-refractivity contribution in [2.24, 2.45) is 0 Å². The minimum atomic E-state index is 0.0618. The van der Waals surface area contributed by atoms with Gasteiger partial charge in [0.1, 0.15) is 0 Å². The van der Waals surface area contributed by atoms with Gasteiger partial charge in [-0.2, -0.15) is 0 Å². The third-order valence-corrected chi connectivity index (χ3v) is 2.69. The lowest BCUT2D eigenvalue weighted by atomic mass is 9.95. The maximum absolute atomic E-state index is 11.3. The summed E-state index contributed by atoms with van der Waals surface area (Å²) >= 11 is 0. The van der Waals surface area contributed by atoms with Crippen molar-refractivity contribution in [3.8, 4) is 0 Å². The number of allylic oxidation sites excluding steroid dienone is 7.